The van der Waals surface area contributed by atoms with Gasteiger partial charge in [-0.15, -0.1) is 0 Å². The number of hydrogen-bond donors (Lipinski definition) is 1. The largest absolute Gasteiger partial charge is 0.386 e. The van der Waals surface area contributed by atoms with Gasteiger partial charge in [0, 0.05) is 71.1 Å². The van der Waals surface area contributed by atoms with E-state index in [4.69, 9.17) is 4.74 Å². The molecule has 4 rings (SSSR count). The number of rotatable bonds is 4. The molecule has 0 radical (unpaired) electrons. The van der Waals surface area contributed by atoms with Gasteiger partial charge < -0.3 is 14.7 Å². The number of hydrogen-bond acceptors (Lipinski definition) is 6. The third-order valence-corrected chi connectivity index (χ3v) is 5.34. The van der Waals surface area contributed by atoms with Crippen molar-refractivity contribution in [3.63, 3.8) is 0 Å². The number of aromatic nitrogens is 1. The second-order valence-corrected chi connectivity index (χ2v) is 7.09. The first-order chi connectivity index (χ1) is 11.2. The van der Waals surface area contributed by atoms with Gasteiger partial charge in [0.05, 0.1) is 6.61 Å². The number of likely N-dealkylation sites (tertiary alicyclic amines) is 1. The first-order valence-electron chi connectivity index (χ1n) is 8.64. The number of anilines is 1. The highest BCUT2D eigenvalue weighted by molar-refractivity contribution is 5.38. The molecule has 1 atom stereocenters. The van der Waals surface area contributed by atoms with E-state index in [9.17, 15) is 5.11 Å². The van der Waals surface area contributed by atoms with Gasteiger partial charge in [-0.05, 0) is 12.1 Å². The lowest BCUT2D eigenvalue weighted by atomic mass is 9.98. The van der Waals surface area contributed by atoms with E-state index in [-0.39, 0.29) is 0 Å². The molecule has 1 unspecified atom stereocenters. The predicted molar refractivity (Wildman–Crippen MR) is 88.6 cm³/mol. The van der Waals surface area contributed by atoms with Gasteiger partial charge >= 0.3 is 0 Å². The summed E-state index contributed by atoms with van der Waals surface area (Å²) in [5, 5.41) is 10.4. The molecule has 1 N–H and O–H groups in total. The van der Waals surface area contributed by atoms with E-state index in [1.54, 1.807) is 0 Å². The normalized spacial score (nSPS) is 30.6. The third kappa shape index (κ3) is 3.35. The lowest BCUT2D eigenvalue weighted by molar-refractivity contribution is -0.0484. The van der Waals surface area contributed by atoms with E-state index in [2.05, 4.69) is 31.8 Å². The van der Waals surface area contributed by atoms with Crippen LogP contribution in [0.2, 0.25) is 0 Å². The summed E-state index contributed by atoms with van der Waals surface area (Å²) in [5.74, 6) is 1.09. The van der Waals surface area contributed by atoms with E-state index in [0.717, 1.165) is 58.1 Å². The number of aliphatic hydroxyl groups is 1. The van der Waals surface area contributed by atoms with Gasteiger partial charge in [0.25, 0.3) is 0 Å². The van der Waals surface area contributed by atoms with Gasteiger partial charge in [-0.3, -0.25) is 9.80 Å². The highest BCUT2D eigenvalue weighted by atomic mass is 16.5. The minimum Gasteiger partial charge on any atom is -0.386 e. The van der Waals surface area contributed by atoms with Crippen LogP contribution >= 0.6 is 0 Å². The molecule has 0 aliphatic carbocycles. The van der Waals surface area contributed by atoms with E-state index < -0.39 is 5.60 Å². The van der Waals surface area contributed by atoms with Crippen LogP contribution in [0.15, 0.2) is 24.4 Å². The fourth-order valence-electron chi connectivity index (χ4n) is 3.90. The van der Waals surface area contributed by atoms with E-state index >= 15 is 0 Å². The van der Waals surface area contributed by atoms with E-state index in [1.807, 2.05) is 12.3 Å². The molecule has 0 aromatic carbocycles. The fraction of sp³-hybridized carbons (Fsp3) is 0.706. The smallest absolute Gasteiger partial charge is 0.128 e. The summed E-state index contributed by atoms with van der Waals surface area (Å²) in [7, 11) is 0. The Morgan fingerprint density at radius 3 is 2.70 bits per heavy atom. The maximum absolute atomic E-state index is 10.4. The summed E-state index contributed by atoms with van der Waals surface area (Å²) in [6.45, 7) is 8.40. The van der Waals surface area contributed by atoms with Crippen molar-refractivity contribution in [3.05, 3.63) is 24.4 Å². The Morgan fingerprint density at radius 1 is 1.22 bits per heavy atom. The van der Waals surface area contributed by atoms with Gasteiger partial charge in [0.15, 0.2) is 0 Å². The zero-order valence-corrected chi connectivity index (χ0v) is 13.6. The molecule has 1 aromatic heterocycles. The number of ether oxygens (including phenoxy) is 1. The minimum absolute atomic E-state index is 0.497. The predicted octanol–water partition coefficient (Wildman–Crippen LogP) is 0.0392. The van der Waals surface area contributed by atoms with Crippen molar-refractivity contribution in [3.8, 4) is 0 Å². The summed E-state index contributed by atoms with van der Waals surface area (Å²) >= 11 is 0. The summed E-state index contributed by atoms with van der Waals surface area (Å²) in [5.41, 5.74) is -0.608. The van der Waals surface area contributed by atoms with Crippen LogP contribution in [0.25, 0.3) is 0 Å². The summed E-state index contributed by atoms with van der Waals surface area (Å²) in [6, 6.07) is 6.75. The Bertz CT molecular complexity index is 507. The van der Waals surface area contributed by atoms with Crippen molar-refractivity contribution in [2.24, 2.45) is 0 Å². The minimum atomic E-state index is -0.608. The molecular weight excluding hydrogens is 292 g/mol. The summed E-state index contributed by atoms with van der Waals surface area (Å²) < 4.78 is 5.33. The topological polar surface area (TPSA) is 52.1 Å². The van der Waals surface area contributed by atoms with Crippen molar-refractivity contribution < 1.29 is 9.84 Å². The summed E-state index contributed by atoms with van der Waals surface area (Å²) in [4.78, 5) is 11.8. The van der Waals surface area contributed by atoms with Crippen LogP contribution < -0.4 is 4.90 Å². The molecule has 1 aromatic rings. The van der Waals surface area contributed by atoms with E-state index in [1.165, 1.54) is 0 Å². The molecule has 0 bridgehead atoms. The second kappa shape index (κ2) is 6.36. The number of piperazine rings is 1. The Morgan fingerprint density at radius 2 is 2.04 bits per heavy atom. The maximum atomic E-state index is 10.4. The molecule has 23 heavy (non-hydrogen) atoms. The molecule has 3 aliphatic heterocycles. The van der Waals surface area contributed by atoms with Crippen LogP contribution in [-0.2, 0) is 4.74 Å². The monoisotopic (exact) mass is 318 g/mol. The van der Waals surface area contributed by atoms with Crippen molar-refractivity contribution in [2.45, 2.75) is 18.1 Å². The summed E-state index contributed by atoms with van der Waals surface area (Å²) in [6.07, 6.45) is 2.64. The Hall–Kier alpha value is -1.21. The first-order valence-corrected chi connectivity index (χ1v) is 8.64. The van der Waals surface area contributed by atoms with Crippen LogP contribution in [0.1, 0.15) is 6.42 Å². The molecule has 0 spiro atoms. The van der Waals surface area contributed by atoms with Crippen molar-refractivity contribution in [1.29, 1.82) is 0 Å². The zero-order valence-electron chi connectivity index (χ0n) is 13.6. The van der Waals surface area contributed by atoms with Crippen LogP contribution in [0.3, 0.4) is 0 Å². The number of β-amino-alcohol motifs (C(OH)–C–C–N with tert-alkyl or cyclic N) is 1. The Balaban J connectivity index is 1.22. The van der Waals surface area contributed by atoms with Gasteiger partial charge in [-0.2, -0.15) is 0 Å². The van der Waals surface area contributed by atoms with Crippen LogP contribution in [0.4, 0.5) is 5.82 Å². The average molecular weight is 318 g/mol. The van der Waals surface area contributed by atoms with Crippen LogP contribution in [-0.4, -0.2) is 90.6 Å². The molecule has 0 saturated carbocycles. The molecule has 6 heteroatoms. The van der Waals surface area contributed by atoms with Crippen LogP contribution in [0, 0.1) is 0 Å². The van der Waals surface area contributed by atoms with Gasteiger partial charge in [0.1, 0.15) is 11.4 Å². The fourth-order valence-corrected chi connectivity index (χ4v) is 3.90. The molecule has 3 fully saturated rings. The average Bonchev–Trinajstić information content (AvgIpc) is 2.98. The van der Waals surface area contributed by atoms with Crippen molar-refractivity contribution >= 4 is 5.82 Å². The van der Waals surface area contributed by atoms with Gasteiger partial charge in [0.2, 0.25) is 0 Å². The molecular formula is C17H26N4O2. The first kappa shape index (κ1) is 15.3. The number of nitrogens with zero attached hydrogens (tertiary/aromatic N) is 4. The second-order valence-electron chi connectivity index (χ2n) is 7.09. The highest BCUT2D eigenvalue weighted by Crippen LogP contribution is 2.25. The quantitative estimate of drug-likeness (QED) is 0.846. The molecule has 6 nitrogen and oxygen atoms in total. The van der Waals surface area contributed by atoms with Gasteiger partial charge in [-0.25, -0.2) is 4.98 Å². The Labute approximate surface area is 137 Å². The standard InChI is InChI=1S/C17H26N4O2/c22-17(4-10-23-14-17)13-19-11-15(12-19)20-6-8-21(9-7-20)16-3-1-2-5-18-16/h1-3,5,15,22H,4,6-14H2. The molecule has 3 aliphatic rings. The molecule has 3 saturated heterocycles. The third-order valence-electron chi connectivity index (χ3n) is 5.34. The zero-order chi connectivity index (χ0) is 15.7. The van der Waals surface area contributed by atoms with Gasteiger partial charge in [-0.1, -0.05) is 6.07 Å². The van der Waals surface area contributed by atoms with Crippen LogP contribution in [0.5, 0.6) is 0 Å². The lowest BCUT2D eigenvalue weighted by Crippen LogP contribution is -2.65. The van der Waals surface area contributed by atoms with Crippen molar-refractivity contribution in [2.75, 3.05) is 63.9 Å². The SMILES string of the molecule is OC1(CN2CC(N3CCN(c4ccccn4)CC3)C2)CCOC1. The van der Waals surface area contributed by atoms with E-state index in [0.29, 0.717) is 19.3 Å². The lowest BCUT2D eigenvalue weighted by Gasteiger charge is -2.49. The number of pyridine rings is 1. The Kier molecular flexibility index (Phi) is 4.24. The maximum Gasteiger partial charge on any atom is 0.128 e. The molecule has 0 amide bonds. The molecule has 4 heterocycles. The highest BCUT2D eigenvalue weighted by Gasteiger charge is 2.40. The molecule has 126 valence electrons. The van der Waals surface area contributed by atoms with Crippen molar-refractivity contribution in [1.82, 2.24) is 14.8 Å².